The van der Waals surface area contributed by atoms with Crippen molar-refractivity contribution in [3.8, 4) is 0 Å². The molecule has 0 aliphatic rings. The number of hydrogen-bond acceptors (Lipinski definition) is 8. The van der Waals surface area contributed by atoms with Crippen LogP contribution in [0, 0.1) is 0 Å². The molecule has 0 bridgehead atoms. The first-order valence-electron chi connectivity index (χ1n) is 7.49. The number of halogens is 2. The van der Waals surface area contributed by atoms with Crippen molar-refractivity contribution in [2.75, 3.05) is 13.3 Å². The molecule has 0 aromatic carbocycles. The minimum absolute atomic E-state index is 0.00322. The van der Waals surface area contributed by atoms with Crippen LogP contribution in [-0.4, -0.2) is 50.5 Å². The third-order valence-corrected chi connectivity index (χ3v) is 3.18. The second-order valence-corrected chi connectivity index (χ2v) is 6.74. The smallest absolute Gasteiger partial charge is 0.377 e. The molecule has 9 nitrogen and oxygen atoms in total. The summed E-state index contributed by atoms with van der Waals surface area (Å²) >= 11 is 0. The first-order valence-corrected chi connectivity index (χ1v) is 7.49. The third kappa shape index (κ3) is 5.14. The number of alkyl halides is 2. The van der Waals surface area contributed by atoms with Crippen LogP contribution in [0.1, 0.15) is 67.6 Å². The van der Waals surface area contributed by atoms with E-state index in [1.165, 1.54) is 6.92 Å². The Kier molecular flexibility index (Phi) is 6.65. The van der Waals surface area contributed by atoms with Gasteiger partial charge in [-0.25, -0.2) is 13.6 Å². The largest absolute Gasteiger partial charge is 0.475 e. The van der Waals surface area contributed by atoms with E-state index in [1.807, 2.05) is 0 Å². The van der Waals surface area contributed by atoms with E-state index in [2.05, 4.69) is 24.8 Å². The minimum atomic E-state index is -1.29. The van der Waals surface area contributed by atoms with E-state index in [4.69, 9.17) is 9.63 Å². The van der Waals surface area contributed by atoms with E-state index in [0.29, 0.717) is 0 Å². The summed E-state index contributed by atoms with van der Waals surface area (Å²) in [4.78, 5) is 28.5. The van der Waals surface area contributed by atoms with Crippen LogP contribution in [0.5, 0.6) is 0 Å². The van der Waals surface area contributed by atoms with Gasteiger partial charge in [-0.1, -0.05) is 5.16 Å². The highest BCUT2D eigenvalue weighted by atomic mass is 19.1. The monoisotopic (exact) mass is 374 g/mol. The Morgan fingerprint density at radius 1 is 0.923 bits per heavy atom. The van der Waals surface area contributed by atoms with Gasteiger partial charge < -0.3 is 14.2 Å². The van der Waals surface area contributed by atoms with Crippen molar-refractivity contribution in [1.82, 2.24) is 20.3 Å². The maximum atomic E-state index is 12.5. The van der Waals surface area contributed by atoms with E-state index >= 15 is 0 Å². The number of Topliss-reactive ketones (excluding diaryl/α,β-unsaturated/α-hetero) is 1. The number of carboxylic acids is 1. The number of hydrogen-bond donors (Lipinski definition) is 1. The SMILES string of the molecule is CC(=O)c1noc(C(C)(C)CF)n1.CC(C)(CF)c1nc(C(=O)O)no1. The Labute approximate surface area is 147 Å². The van der Waals surface area contributed by atoms with E-state index in [-0.39, 0.29) is 23.4 Å². The van der Waals surface area contributed by atoms with Gasteiger partial charge in [-0.2, -0.15) is 9.97 Å². The van der Waals surface area contributed by atoms with E-state index in [9.17, 15) is 18.4 Å². The van der Waals surface area contributed by atoms with Crippen LogP contribution in [0.15, 0.2) is 9.05 Å². The fourth-order valence-electron chi connectivity index (χ4n) is 1.34. The molecule has 0 fully saturated rings. The standard InChI is InChI=1S/C8H11FN2O2.C7H9FN2O3/c1-5(12)6-10-7(13-11-6)8(2,3)4-9;1-7(2,3-8)6-9-4(5(11)12)10-13-6/h4H2,1-3H3;3H2,1-2H3,(H,11,12). The summed E-state index contributed by atoms with van der Waals surface area (Å²) < 4.78 is 34.2. The van der Waals surface area contributed by atoms with Gasteiger partial charge in [0.25, 0.3) is 5.82 Å². The van der Waals surface area contributed by atoms with Gasteiger partial charge in [-0.3, -0.25) is 4.79 Å². The molecular formula is C15H20F2N4O5. The van der Waals surface area contributed by atoms with Crippen LogP contribution in [-0.2, 0) is 10.8 Å². The zero-order valence-electron chi connectivity index (χ0n) is 15.0. The molecule has 0 amide bonds. The van der Waals surface area contributed by atoms with Gasteiger partial charge >= 0.3 is 5.97 Å². The highest BCUT2D eigenvalue weighted by Crippen LogP contribution is 2.22. The molecule has 0 aliphatic heterocycles. The van der Waals surface area contributed by atoms with Crippen molar-refractivity contribution in [2.24, 2.45) is 0 Å². The molecule has 11 heteroatoms. The first kappa shape index (κ1) is 21.3. The van der Waals surface area contributed by atoms with Gasteiger partial charge in [-0.05, 0) is 32.9 Å². The highest BCUT2D eigenvalue weighted by molar-refractivity contribution is 5.89. The van der Waals surface area contributed by atoms with Crippen LogP contribution in [0.3, 0.4) is 0 Å². The second kappa shape index (κ2) is 8.11. The fraction of sp³-hybridized carbons (Fsp3) is 0.600. The average Bonchev–Trinajstić information content (AvgIpc) is 3.25. The normalized spacial score (nSPS) is 11.7. The van der Waals surface area contributed by atoms with Gasteiger partial charge in [0.05, 0.1) is 10.8 Å². The topological polar surface area (TPSA) is 132 Å². The molecule has 2 rings (SSSR count). The van der Waals surface area contributed by atoms with Crippen LogP contribution >= 0.6 is 0 Å². The molecule has 26 heavy (non-hydrogen) atoms. The lowest BCUT2D eigenvalue weighted by Crippen LogP contribution is -2.20. The molecule has 0 spiro atoms. The number of carbonyl (C=O) groups is 2. The summed E-state index contributed by atoms with van der Waals surface area (Å²) in [5.41, 5.74) is -1.75. The van der Waals surface area contributed by atoms with E-state index in [1.54, 1.807) is 27.7 Å². The molecule has 0 saturated carbocycles. The van der Waals surface area contributed by atoms with Crippen LogP contribution in [0.25, 0.3) is 0 Å². The lowest BCUT2D eigenvalue weighted by Gasteiger charge is -2.13. The van der Waals surface area contributed by atoms with Crippen molar-refractivity contribution in [3.63, 3.8) is 0 Å². The first-order chi connectivity index (χ1) is 11.9. The van der Waals surface area contributed by atoms with E-state index in [0.717, 1.165) is 0 Å². The maximum absolute atomic E-state index is 12.5. The summed E-state index contributed by atoms with van der Waals surface area (Å²) in [6.45, 7) is 6.39. The van der Waals surface area contributed by atoms with Gasteiger partial charge in [0.15, 0.2) is 0 Å². The van der Waals surface area contributed by atoms with Gasteiger partial charge in [0.1, 0.15) is 13.3 Å². The fourth-order valence-corrected chi connectivity index (χ4v) is 1.34. The summed E-state index contributed by atoms with van der Waals surface area (Å²) in [5.74, 6) is -1.88. The molecule has 2 aromatic rings. The number of carbonyl (C=O) groups excluding carboxylic acids is 1. The second-order valence-electron chi connectivity index (χ2n) is 6.74. The van der Waals surface area contributed by atoms with Crippen LogP contribution < -0.4 is 0 Å². The van der Waals surface area contributed by atoms with Crippen molar-refractivity contribution in [3.05, 3.63) is 23.4 Å². The molecule has 144 valence electrons. The molecule has 0 unspecified atom stereocenters. The molecule has 0 aliphatic carbocycles. The Morgan fingerprint density at radius 2 is 1.31 bits per heavy atom. The lowest BCUT2D eigenvalue weighted by molar-refractivity contribution is 0.0679. The number of nitrogens with zero attached hydrogens (tertiary/aromatic N) is 4. The van der Waals surface area contributed by atoms with Crippen molar-refractivity contribution in [1.29, 1.82) is 0 Å². The Balaban J connectivity index is 0.000000260. The molecule has 0 radical (unpaired) electrons. The third-order valence-electron chi connectivity index (χ3n) is 3.18. The Bertz CT molecular complexity index is 705. The van der Waals surface area contributed by atoms with Gasteiger partial charge in [0, 0.05) is 6.92 Å². The Hall–Kier alpha value is -2.72. The molecule has 1 N–H and O–H groups in total. The predicted octanol–water partition coefficient (Wildman–Crippen LogP) is 2.53. The molecular weight excluding hydrogens is 354 g/mol. The average molecular weight is 374 g/mol. The number of ketones is 1. The number of rotatable bonds is 6. The zero-order chi connectivity index (χ0) is 20.1. The molecule has 2 aromatic heterocycles. The summed E-state index contributed by atoms with van der Waals surface area (Å²) in [6.07, 6.45) is 0. The number of aromatic carboxylic acids is 1. The molecule has 0 saturated heterocycles. The molecule has 0 atom stereocenters. The summed E-state index contributed by atoms with van der Waals surface area (Å²) in [7, 11) is 0. The molecule has 2 heterocycles. The summed E-state index contributed by atoms with van der Waals surface area (Å²) in [5, 5.41) is 15.1. The Morgan fingerprint density at radius 3 is 1.58 bits per heavy atom. The van der Waals surface area contributed by atoms with Crippen molar-refractivity contribution in [2.45, 2.75) is 45.4 Å². The minimum Gasteiger partial charge on any atom is -0.475 e. The van der Waals surface area contributed by atoms with Crippen molar-refractivity contribution < 1.29 is 32.5 Å². The highest BCUT2D eigenvalue weighted by Gasteiger charge is 2.29. The van der Waals surface area contributed by atoms with E-state index < -0.39 is 36.0 Å². The lowest BCUT2D eigenvalue weighted by atomic mass is 9.96. The number of aromatic nitrogens is 4. The zero-order valence-corrected chi connectivity index (χ0v) is 15.0. The number of carboxylic acid groups (broad SMARTS) is 1. The van der Waals surface area contributed by atoms with Crippen molar-refractivity contribution >= 4 is 11.8 Å². The van der Waals surface area contributed by atoms with Crippen LogP contribution in [0.2, 0.25) is 0 Å². The van der Waals surface area contributed by atoms with Gasteiger partial charge in [0.2, 0.25) is 23.4 Å². The predicted molar refractivity (Wildman–Crippen MR) is 83.6 cm³/mol. The summed E-state index contributed by atoms with van der Waals surface area (Å²) in [6, 6.07) is 0. The van der Waals surface area contributed by atoms with Gasteiger partial charge in [-0.15, -0.1) is 0 Å². The quantitative estimate of drug-likeness (QED) is 0.757. The maximum Gasteiger partial charge on any atom is 0.377 e. The van der Waals surface area contributed by atoms with Crippen LogP contribution in [0.4, 0.5) is 8.78 Å².